The van der Waals surface area contributed by atoms with E-state index >= 15 is 0 Å². The van der Waals surface area contributed by atoms with Gasteiger partial charge in [-0.25, -0.2) is 4.79 Å². The second-order valence-corrected chi connectivity index (χ2v) is 5.64. The number of carbonyl (C=O) groups excluding carboxylic acids is 1. The molecule has 0 aliphatic carbocycles. The summed E-state index contributed by atoms with van der Waals surface area (Å²) in [7, 11) is 0. The Morgan fingerprint density at radius 1 is 1.00 bits per heavy atom. The number of rotatable bonds is 6. The van der Waals surface area contributed by atoms with Crippen molar-refractivity contribution in [3.8, 4) is 5.75 Å². The van der Waals surface area contributed by atoms with Gasteiger partial charge in [-0.2, -0.15) is 0 Å². The Hall–Kier alpha value is -3.14. The van der Waals surface area contributed by atoms with Gasteiger partial charge in [0.15, 0.2) is 12.7 Å². The summed E-state index contributed by atoms with van der Waals surface area (Å²) >= 11 is 0. The summed E-state index contributed by atoms with van der Waals surface area (Å²) in [6.07, 6.45) is 1.12. The highest BCUT2D eigenvalue weighted by Crippen LogP contribution is 2.24. The van der Waals surface area contributed by atoms with Crippen molar-refractivity contribution in [2.45, 2.75) is 13.0 Å². The van der Waals surface area contributed by atoms with Gasteiger partial charge in [-0.05, 0) is 42.3 Å². The quantitative estimate of drug-likeness (QED) is 0.637. The van der Waals surface area contributed by atoms with E-state index in [4.69, 9.17) is 9.47 Å². The second kappa shape index (κ2) is 8.11. The molecule has 3 aromatic rings. The Morgan fingerprint density at radius 3 is 2.52 bits per heavy atom. The van der Waals surface area contributed by atoms with Gasteiger partial charge in [0.25, 0.3) is 0 Å². The van der Waals surface area contributed by atoms with Gasteiger partial charge < -0.3 is 9.47 Å². The molecule has 0 aliphatic rings. The van der Waals surface area contributed by atoms with Gasteiger partial charge in [-0.15, -0.1) is 0 Å². The summed E-state index contributed by atoms with van der Waals surface area (Å²) < 4.78 is 11.2. The van der Waals surface area contributed by atoms with Crippen molar-refractivity contribution in [2.24, 2.45) is 0 Å². The molecule has 0 saturated heterocycles. The molecule has 0 spiro atoms. The maximum Gasteiger partial charge on any atom is 0.345 e. The molecule has 126 valence electrons. The van der Waals surface area contributed by atoms with Crippen molar-refractivity contribution < 1.29 is 14.3 Å². The van der Waals surface area contributed by atoms with E-state index in [9.17, 15) is 4.79 Å². The molecular weight excluding hydrogens is 314 g/mol. The van der Waals surface area contributed by atoms with E-state index in [-0.39, 0.29) is 6.61 Å². The lowest BCUT2D eigenvalue weighted by Crippen LogP contribution is -2.19. The van der Waals surface area contributed by atoms with Gasteiger partial charge >= 0.3 is 5.97 Å². The first-order chi connectivity index (χ1) is 12.2. The van der Waals surface area contributed by atoms with Gasteiger partial charge in [-0.1, -0.05) is 48.5 Å². The summed E-state index contributed by atoms with van der Waals surface area (Å²) in [6.45, 7) is 1.82. The third kappa shape index (κ3) is 4.67. The summed E-state index contributed by atoms with van der Waals surface area (Å²) in [4.78, 5) is 16.6. The van der Waals surface area contributed by atoms with Crippen molar-refractivity contribution >= 4 is 5.97 Å². The number of aryl methyl sites for hydroxylation is 1. The fourth-order valence-corrected chi connectivity index (χ4v) is 2.47. The van der Waals surface area contributed by atoms with Crippen LogP contribution in [0.2, 0.25) is 0 Å². The third-order valence-electron chi connectivity index (χ3n) is 3.65. The number of nitrogens with zero attached hydrogens (tertiary/aromatic N) is 1. The Morgan fingerprint density at radius 2 is 1.80 bits per heavy atom. The number of benzene rings is 2. The van der Waals surface area contributed by atoms with Crippen LogP contribution < -0.4 is 4.74 Å². The molecule has 0 N–H and O–H groups in total. The SMILES string of the molecule is Cc1cccc(OCC(=O)OC(c2ccccc2)c2ccccn2)c1. The van der Waals surface area contributed by atoms with Crippen molar-refractivity contribution in [3.63, 3.8) is 0 Å². The van der Waals surface area contributed by atoms with Gasteiger partial charge in [0.2, 0.25) is 0 Å². The van der Waals surface area contributed by atoms with E-state index in [0.717, 1.165) is 11.1 Å². The van der Waals surface area contributed by atoms with Gasteiger partial charge in [0.05, 0.1) is 5.69 Å². The maximum atomic E-state index is 12.3. The summed E-state index contributed by atoms with van der Waals surface area (Å²) in [5, 5.41) is 0. The molecule has 0 bridgehead atoms. The number of hydrogen-bond acceptors (Lipinski definition) is 4. The lowest BCUT2D eigenvalue weighted by Gasteiger charge is -2.18. The number of hydrogen-bond donors (Lipinski definition) is 0. The van der Waals surface area contributed by atoms with E-state index in [1.807, 2.05) is 79.7 Å². The predicted octanol–water partition coefficient (Wildman–Crippen LogP) is 4.10. The molecule has 0 radical (unpaired) electrons. The van der Waals surface area contributed by atoms with Gasteiger partial charge in [0, 0.05) is 6.20 Å². The zero-order valence-corrected chi connectivity index (χ0v) is 14.0. The Bertz CT molecular complexity index is 779. The predicted molar refractivity (Wildman–Crippen MR) is 95.3 cm³/mol. The van der Waals surface area contributed by atoms with E-state index in [1.165, 1.54) is 0 Å². The first-order valence-electron chi connectivity index (χ1n) is 8.07. The first kappa shape index (κ1) is 16.7. The highest BCUT2D eigenvalue weighted by Gasteiger charge is 2.20. The lowest BCUT2D eigenvalue weighted by molar-refractivity contribution is -0.150. The molecule has 0 amide bonds. The van der Waals surface area contributed by atoms with Gasteiger partial charge in [-0.3, -0.25) is 4.98 Å². The average Bonchev–Trinajstić information content (AvgIpc) is 2.66. The largest absolute Gasteiger partial charge is 0.482 e. The van der Waals surface area contributed by atoms with E-state index in [1.54, 1.807) is 6.20 Å². The van der Waals surface area contributed by atoms with Crippen LogP contribution in [0.1, 0.15) is 22.9 Å². The first-order valence-corrected chi connectivity index (χ1v) is 8.07. The smallest absolute Gasteiger partial charge is 0.345 e. The normalized spacial score (nSPS) is 11.6. The Labute approximate surface area is 147 Å². The maximum absolute atomic E-state index is 12.3. The summed E-state index contributed by atoms with van der Waals surface area (Å²) in [5.74, 6) is 0.201. The molecule has 0 saturated carbocycles. The van der Waals surface area contributed by atoms with Gasteiger partial charge in [0.1, 0.15) is 5.75 Å². The van der Waals surface area contributed by atoms with Crippen LogP contribution in [0.3, 0.4) is 0 Å². The number of carbonyl (C=O) groups is 1. The highest BCUT2D eigenvalue weighted by molar-refractivity contribution is 5.71. The zero-order chi connectivity index (χ0) is 17.5. The van der Waals surface area contributed by atoms with Crippen LogP contribution >= 0.6 is 0 Å². The fraction of sp³-hybridized carbons (Fsp3) is 0.143. The van der Waals surface area contributed by atoms with Crippen LogP contribution in [0.5, 0.6) is 5.75 Å². The Balaban J connectivity index is 1.71. The summed E-state index contributed by atoms with van der Waals surface area (Å²) in [6, 6.07) is 22.6. The minimum Gasteiger partial charge on any atom is -0.482 e. The van der Waals surface area contributed by atoms with Crippen molar-refractivity contribution in [1.82, 2.24) is 4.98 Å². The molecule has 25 heavy (non-hydrogen) atoms. The lowest BCUT2D eigenvalue weighted by atomic mass is 10.1. The van der Waals surface area contributed by atoms with E-state index in [0.29, 0.717) is 11.4 Å². The van der Waals surface area contributed by atoms with Crippen molar-refractivity contribution in [2.75, 3.05) is 6.61 Å². The van der Waals surface area contributed by atoms with Crippen molar-refractivity contribution in [3.05, 3.63) is 95.8 Å². The number of aromatic nitrogens is 1. The molecule has 0 aliphatic heterocycles. The Kier molecular flexibility index (Phi) is 5.42. The highest BCUT2D eigenvalue weighted by atomic mass is 16.6. The van der Waals surface area contributed by atoms with Crippen LogP contribution in [-0.4, -0.2) is 17.6 Å². The molecule has 1 aromatic heterocycles. The number of esters is 1. The molecule has 1 unspecified atom stereocenters. The summed E-state index contributed by atoms with van der Waals surface area (Å²) in [5.41, 5.74) is 2.62. The molecular formula is C21H19NO3. The number of pyridine rings is 1. The molecule has 0 fully saturated rings. The average molecular weight is 333 g/mol. The molecule has 1 heterocycles. The van der Waals surface area contributed by atoms with Crippen molar-refractivity contribution in [1.29, 1.82) is 0 Å². The molecule has 3 rings (SSSR count). The molecule has 4 nitrogen and oxygen atoms in total. The minimum atomic E-state index is -0.559. The second-order valence-electron chi connectivity index (χ2n) is 5.64. The minimum absolute atomic E-state index is 0.153. The zero-order valence-electron chi connectivity index (χ0n) is 14.0. The topological polar surface area (TPSA) is 48.4 Å². The fourth-order valence-electron chi connectivity index (χ4n) is 2.47. The van der Waals surface area contributed by atoms with Crippen LogP contribution in [0.4, 0.5) is 0 Å². The van der Waals surface area contributed by atoms with Crippen LogP contribution in [0.15, 0.2) is 79.0 Å². The van der Waals surface area contributed by atoms with E-state index in [2.05, 4.69) is 4.98 Å². The third-order valence-corrected chi connectivity index (χ3v) is 3.65. The number of ether oxygens (including phenoxy) is 2. The monoisotopic (exact) mass is 333 g/mol. The van der Waals surface area contributed by atoms with Crippen LogP contribution in [0, 0.1) is 6.92 Å². The van der Waals surface area contributed by atoms with Crippen LogP contribution in [-0.2, 0) is 9.53 Å². The molecule has 4 heteroatoms. The van der Waals surface area contributed by atoms with E-state index < -0.39 is 12.1 Å². The van der Waals surface area contributed by atoms with Crippen LogP contribution in [0.25, 0.3) is 0 Å². The standard InChI is InChI=1S/C21H19NO3/c1-16-8-7-11-18(14-16)24-15-20(23)25-21(17-9-3-2-4-10-17)19-12-5-6-13-22-19/h2-14,21H,15H2,1H3. The molecule has 2 aromatic carbocycles. The molecule has 1 atom stereocenters.